The van der Waals surface area contributed by atoms with E-state index in [0.717, 1.165) is 5.56 Å². The van der Waals surface area contributed by atoms with E-state index in [1.54, 1.807) is 25.4 Å². The van der Waals surface area contributed by atoms with Crippen molar-refractivity contribution >= 4 is 35.3 Å². The number of hydrogen-bond donors (Lipinski definition) is 1. The zero-order valence-corrected chi connectivity index (χ0v) is 10.7. The standard InChI is InChI=1S/C11H11Cl2N3O/c1-10(7-11(10,12)13)9(17)16-15-6-8-3-2-4-14-5-8/h2-6H,7H2,1H3,(H,16,17)/b15-6+. The molecule has 1 fully saturated rings. The fourth-order valence-corrected chi connectivity index (χ4v) is 2.09. The summed E-state index contributed by atoms with van der Waals surface area (Å²) in [7, 11) is 0. The summed E-state index contributed by atoms with van der Waals surface area (Å²) in [4.78, 5) is 15.6. The van der Waals surface area contributed by atoms with Gasteiger partial charge in [0.2, 0.25) is 5.91 Å². The number of alkyl halides is 2. The molecule has 1 aliphatic rings. The second kappa shape index (κ2) is 4.27. The molecule has 1 aromatic heterocycles. The Morgan fingerprint density at radius 1 is 1.65 bits per heavy atom. The monoisotopic (exact) mass is 271 g/mol. The molecule has 1 N–H and O–H groups in total. The van der Waals surface area contributed by atoms with Gasteiger partial charge in [0.25, 0.3) is 0 Å². The molecule has 0 aliphatic heterocycles. The van der Waals surface area contributed by atoms with Gasteiger partial charge in [-0.05, 0) is 19.4 Å². The van der Waals surface area contributed by atoms with Gasteiger partial charge in [-0.3, -0.25) is 9.78 Å². The summed E-state index contributed by atoms with van der Waals surface area (Å²) in [6.07, 6.45) is 5.26. The van der Waals surface area contributed by atoms with Gasteiger partial charge in [0.05, 0.1) is 11.6 Å². The lowest BCUT2D eigenvalue weighted by Crippen LogP contribution is -2.29. The van der Waals surface area contributed by atoms with Crippen LogP contribution >= 0.6 is 23.2 Å². The summed E-state index contributed by atoms with van der Waals surface area (Å²) in [5, 5.41) is 3.83. The average molecular weight is 272 g/mol. The number of nitrogens with one attached hydrogen (secondary N) is 1. The molecule has 0 spiro atoms. The Morgan fingerprint density at radius 2 is 2.35 bits per heavy atom. The maximum Gasteiger partial charge on any atom is 0.249 e. The van der Waals surface area contributed by atoms with Gasteiger partial charge in [0.15, 0.2) is 0 Å². The van der Waals surface area contributed by atoms with Gasteiger partial charge in [-0.15, -0.1) is 23.2 Å². The first-order valence-corrected chi connectivity index (χ1v) is 5.83. The van der Waals surface area contributed by atoms with Crippen molar-refractivity contribution in [2.24, 2.45) is 10.5 Å². The third kappa shape index (κ3) is 2.42. The Bertz CT molecular complexity index is 461. The van der Waals surface area contributed by atoms with Crippen LogP contribution in [-0.2, 0) is 4.79 Å². The molecule has 0 aromatic carbocycles. The van der Waals surface area contributed by atoms with E-state index in [1.807, 2.05) is 6.07 Å². The number of amides is 1. The summed E-state index contributed by atoms with van der Waals surface area (Å²) >= 11 is 11.8. The third-order valence-corrected chi connectivity index (χ3v) is 3.92. The van der Waals surface area contributed by atoms with Crippen LogP contribution in [0.25, 0.3) is 0 Å². The lowest BCUT2D eigenvalue weighted by Gasteiger charge is -2.08. The van der Waals surface area contributed by atoms with Gasteiger partial charge < -0.3 is 0 Å². The van der Waals surface area contributed by atoms with Crippen molar-refractivity contribution in [3.05, 3.63) is 30.1 Å². The molecule has 2 rings (SSSR count). The smallest absolute Gasteiger partial charge is 0.249 e. The van der Waals surface area contributed by atoms with Crippen molar-refractivity contribution in [3.8, 4) is 0 Å². The predicted octanol–water partition coefficient (Wildman–Crippen LogP) is 2.12. The molecule has 0 saturated heterocycles. The highest BCUT2D eigenvalue weighted by Crippen LogP contribution is 2.63. The normalized spacial score (nSPS) is 25.8. The Morgan fingerprint density at radius 3 is 2.88 bits per heavy atom. The number of hydrazone groups is 1. The molecule has 0 bridgehead atoms. The quantitative estimate of drug-likeness (QED) is 0.520. The molecule has 1 aliphatic carbocycles. The number of halogens is 2. The van der Waals surface area contributed by atoms with E-state index in [9.17, 15) is 4.79 Å². The van der Waals surface area contributed by atoms with E-state index in [-0.39, 0.29) is 5.91 Å². The lowest BCUT2D eigenvalue weighted by atomic mass is 10.1. The highest BCUT2D eigenvalue weighted by atomic mass is 35.5. The first kappa shape index (κ1) is 12.3. The van der Waals surface area contributed by atoms with Crippen LogP contribution in [0.3, 0.4) is 0 Å². The van der Waals surface area contributed by atoms with Crippen molar-refractivity contribution in [1.82, 2.24) is 10.4 Å². The number of carbonyl (C=O) groups is 1. The van der Waals surface area contributed by atoms with Crippen LogP contribution in [0.5, 0.6) is 0 Å². The zero-order valence-electron chi connectivity index (χ0n) is 9.15. The van der Waals surface area contributed by atoms with Gasteiger partial charge in [-0.2, -0.15) is 5.10 Å². The zero-order chi connectivity index (χ0) is 12.5. The van der Waals surface area contributed by atoms with E-state index >= 15 is 0 Å². The molecule has 1 heterocycles. The fraction of sp³-hybridized carbons (Fsp3) is 0.364. The molecule has 90 valence electrons. The van der Waals surface area contributed by atoms with Crippen LogP contribution in [-0.4, -0.2) is 21.4 Å². The Hall–Kier alpha value is -1.13. The molecular formula is C11H11Cl2N3O. The van der Waals surface area contributed by atoms with Crippen molar-refractivity contribution in [2.45, 2.75) is 17.7 Å². The number of nitrogens with zero attached hydrogens (tertiary/aromatic N) is 2. The number of hydrogen-bond acceptors (Lipinski definition) is 3. The molecule has 0 radical (unpaired) electrons. The van der Waals surface area contributed by atoms with Gasteiger partial charge in [0.1, 0.15) is 4.33 Å². The van der Waals surface area contributed by atoms with Crippen LogP contribution < -0.4 is 5.43 Å². The predicted molar refractivity (Wildman–Crippen MR) is 67.1 cm³/mol. The molecule has 17 heavy (non-hydrogen) atoms. The second-order valence-corrected chi connectivity index (χ2v) is 5.68. The average Bonchev–Trinajstić information content (AvgIpc) is 2.81. The molecule has 1 amide bonds. The van der Waals surface area contributed by atoms with Crippen LogP contribution in [0.2, 0.25) is 0 Å². The molecule has 1 saturated carbocycles. The minimum Gasteiger partial charge on any atom is -0.272 e. The SMILES string of the molecule is CC1(C(=O)N/N=C/c2cccnc2)CC1(Cl)Cl. The van der Waals surface area contributed by atoms with Crippen molar-refractivity contribution in [3.63, 3.8) is 0 Å². The lowest BCUT2D eigenvalue weighted by molar-refractivity contribution is -0.125. The highest BCUT2D eigenvalue weighted by molar-refractivity contribution is 6.53. The minimum atomic E-state index is -0.971. The summed E-state index contributed by atoms with van der Waals surface area (Å²) in [5.74, 6) is -0.275. The largest absolute Gasteiger partial charge is 0.272 e. The van der Waals surface area contributed by atoms with Crippen LogP contribution in [0.4, 0.5) is 0 Å². The highest BCUT2D eigenvalue weighted by Gasteiger charge is 2.68. The van der Waals surface area contributed by atoms with E-state index in [4.69, 9.17) is 23.2 Å². The van der Waals surface area contributed by atoms with E-state index in [2.05, 4.69) is 15.5 Å². The Kier molecular flexibility index (Phi) is 3.10. The van der Waals surface area contributed by atoms with Crippen LogP contribution in [0, 0.1) is 5.41 Å². The number of aromatic nitrogens is 1. The van der Waals surface area contributed by atoms with Crippen molar-refractivity contribution in [1.29, 1.82) is 0 Å². The van der Waals surface area contributed by atoms with Gasteiger partial charge in [-0.1, -0.05) is 6.07 Å². The third-order valence-electron chi connectivity index (χ3n) is 2.82. The summed E-state index contributed by atoms with van der Waals surface area (Å²) < 4.78 is -0.971. The van der Waals surface area contributed by atoms with E-state index in [1.165, 1.54) is 6.21 Å². The topological polar surface area (TPSA) is 54.4 Å². The maximum absolute atomic E-state index is 11.7. The first-order chi connectivity index (χ1) is 7.96. The summed E-state index contributed by atoms with van der Waals surface area (Å²) in [6, 6.07) is 3.61. The van der Waals surface area contributed by atoms with Crippen LogP contribution in [0.1, 0.15) is 18.9 Å². The second-order valence-electron chi connectivity index (χ2n) is 4.20. The Balaban J connectivity index is 1.92. The molecular weight excluding hydrogens is 261 g/mol. The first-order valence-electron chi connectivity index (χ1n) is 5.07. The Labute approximate surface area is 109 Å². The van der Waals surface area contributed by atoms with Crippen molar-refractivity contribution in [2.75, 3.05) is 0 Å². The molecule has 1 atom stereocenters. The molecule has 1 unspecified atom stereocenters. The minimum absolute atomic E-state index is 0.275. The number of pyridine rings is 1. The molecule has 1 aromatic rings. The van der Waals surface area contributed by atoms with Crippen LogP contribution in [0.15, 0.2) is 29.6 Å². The van der Waals surface area contributed by atoms with Gasteiger partial charge >= 0.3 is 0 Å². The fourth-order valence-electron chi connectivity index (χ4n) is 1.39. The van der Waals surface area contributed by atoms with Gasteiger partial charge in [-0.25, -0.2) is 5.43 Å². The van der Waals surface area contributed by atoms with E-state index in [0.29, 0.717) is 6.42 Å². The summed E-state index contributed by atoms with van der Waals surface area (Å²) in [5.41, 5.74) is 2.48. The maximum atomic E-state index is 11.7. The summed E-state index contributed by atoms with van der Waals surface area (Å²) in [6.45, 7) is 1.71. The van der Waals surface area contributed by atoms with Crippen molar-refractivity contribution < 1.29 is 4.79 Å². The number of carbonyl (C=O) groups excluding carboxylic acids is 1. The molecule has 6 heteroatoms. The molecule has 4 nitrogen and oxygen atoms in total. The van der Waals surface area contributed by atoms with Gasteiger partial charge in [0, 0.05) is 18.0 Å². The van der Waals surface area contributed by atoms with E-state index < -0.39 is 9.75 Å². The number of rotatable bonds is 3.